The van der Waals surface area contributed by atoms with Gasteiger partial charge in [0.2, 0.25) is 0 Å². The first-order chi connectivity index (χ1) is 9.97. The molecule has 0 bridgehead atoms. The van der Waals surface area contributed by atoms with Gasteiger partial charge in [-0.25, -0.2) is 4.79 Å². The zero-order valence-corrected chi connectivity index (χ0v) is 12.3. The first-order valence-electron chi connectivity index (χ1n) is 6.47. The van der Waals surface area contributed by atoms with Crippen molar-refractivity contribution in [2.45, 2.75) is 19.6 Å². The molecule has 3 N–H and O–H groups in total. The van der Waals surface area contributed by atoms with Crippen molar-refractivity contribution in [3.63, 3.8) is 0 Å². The van der Waals surface area contributed by atoms with E-state index in [1.165, 1.54) is 0 Å². The van der Waals surface area contributed by atoms with Crippen molar-refractivity contribution in [1.29, 1.82) is 0 Å². The highest BCUT2D eigenvalue weighted by Gasteiger charge is 2.07. The van der Waals surface area contributed by atoms with Gasteiger partial charge in [-0.15, -0.1) is 0 Å². The highest BCUT2D eigenvalue weighted by molar-refractivity contribution is 6.32. The fourth-order valence-electron chi connectivity index (χ4n) is 1.82. The average Bonchev–Trinajstić information content (AvgIpc) is 2.46. The molecule has 2 aromatic carbocycles. The second-order valence-corrected chi connectivity index (χ2v) is 5.18. The van der Waals surface area contributed by atoms with Crippen molar-refractivity contribution in [1.82, 2.24) is 0 Å². The minimum atomic E-state index is -0.947. The SMILES string of the molecule is C[C@@H](N)c1ccc(OCc2ccc(C(=O)O)cc2)c(Cl)c1. The summed E-state index contributed by atoms with van der Waals surface area (Å²) >= 11 is 6.15. The summed E-state index contributed by atoms with van der Waals surface area (Å²) in [4.78, 5) is 10.8. The van der Waals surface area contributed by atoms with Crippen LogP contribution in [0.3, 0.4) is 0 Å². The number of aromatic carboxylic acids is 1. The summed E-state index contributed by atoms with van der Waals surface area (Å²) < 4.78 is 5.64. The highest BCUT2D eigenvalue weighted by Crippen LogP contribution is 2.28. The molecule has 0 aliphatic rings. The van der Waals surface area contributed by atoms with Crippen molar-refractivity contribution in [3.05, 3.63) is 64.2 Å². The van der Waals surface area contributed by atoms with Crippen molar-refractivity contribution in [2.24, 2.45) is 5.73 Å². The molecular formula is C16H16ClNO3. The second-order valence-electron chi connectivity index (χ2n) is 4.77. The molecule has 2 rings (SSSR count). The number of ether oxygens (including phenoxy) is 1. The lowest BCUT2D eigenvalue weighted by molar-refractivity contribution is 0.0697. The highest BCUT2D eigenvalue weighted by atomic mass is 35.5. The molecule has 0 amide bonds. The molecule has 0 aromatic heterocycles. The fourth-order valence-corrected chi connectivity index (χ4v) is 2.07. The molecule has 0 heterocycles. The van der Waals surface area contributed by atoms with Crippen molar-refractivity contribution >= 4 is 17.6 Å². The Hall–Kier alpha value is -2.04. The van der Waals surface area contributed by atoms with E-state index in [0.29, 0.717) is 17.4 Å². The smallest absolute Gasteiger partial charge is 0.335 e. The third kappa shape index (κ3) is 3.97. The number of benzene rings is 2. The van der Waals surface area contributed by atoms with Gasteiger partial charge in [0.05, 0.1) is 10.6 Å². The Morgan fingerprint density at radius 1 is 1.29 bits per heavy atom. The zero-order valence-electron chi connectivity index (χ0n) is 11.5. The summed E-state index contributed by atoms with van der Waals surface area (Å²) in [6, 6.07) is 11.9. The summed E-state index contributed by atoms with van der Waals surface area (Å²) in [6.07, 6.45) is 0. The van der Waals surface area contributed by atoms with E-state index in [0.717, 1.165) is 11.1 Å². The minimum absolute atomic E-state index is 0.0832. The van der Waals surface area contributed by atoms with Crippen LogP contribution in [0, 0.1) is 0 Å². The van der Waals surface area contributed by atoms with Gasteiger partial charge in [0.25, 0.3) is 0 Å². The van der Waals surface area contributed by atoms with Crippen LogP contribution in [0.5, 0.6) is 5.75 Å². The van der Waals surface area contributed by atoms with Crippen molar-refractivity contribution < 1.29 is 14.6 Å². The lowest BCUT2D eigenvalue weighted by atomic mass is 10.1. The average molecular weight is 306 g/mol. The predicted molar refractivity (Wildman–Crippen MR) is 81.8 cm³/mol. The van der Waals surface area contributed by atoms with Gasteiger partial charge in [0.15, 0.2) is 0 Å². The van der Waals surface area contributed by atoms with Crippen LogP contribution >= 0.6 is 11.6 Å². The van der Waals surface area contributed by atoms with Crippen LogP contribution in [-0.2, 0) is 6.61 Å². The zero-order chi connectivity index (χ0) is 15.4. The summed E-state index contributed by atoms with van der Waals surface area (Å²) in [6.45, 7) is 2.20. The fraction of sp³-hybridized carbons (Fsp3) is 0.188. The maximum atomic E-state index is 10.8. The molecule has 5 heteroatoms. The Morgan fingerprint density at radius 2 is 1.95 bits per heavy atom. The van der Waals surface area contributed by atoms with Gasteiger partial charge in [0, 0.05) is 6.04 Å². The van der Waals surface area contributed by atoms with E-state index in [4.69, 9.17) is 27.2 Å². The summed E-state index contributed by atoms with van der Waals surface area (Å²) in [5, 5.41) is 9.34. The number of carbonyl (C=O) groups is 1. The molecule has 21 heavy (non-hydrogen) atoms. The lowest BCUT2D eigenvalue weighted by Gasteiger charge is -2.11. The number of carboxylic acid groups (broad SMARTS) is 1. The van der Waals surface area contributed by atoms with Crippen LogP contribution in [0.4, 0.5) is 0 Å². The van der Waals surface area contributed by atoms with E-state index in [-0.39, 0.29) is 11.6 Å². The molecule has 110 valence electrons. The molecule has 0 fully saturated rings. The Balaban J connectivity index is 2.04. The predicted octanol–water partition coefficient (Wildman–Crippen LogP) is 3.64. The van der Waals surface area contributed by atoms with E-state index >= 15 is 0 Å². The van der Waals surface area contributed by atoms with Crippen molar-refractivity contribution in [2.75, 3.05) is 0 Å². The van der Waals surface area contributed by atoms with Gasteiger partial charge in [-0.3, -0.25) is 0 Å². The molecule has 2 aromatic rings. The molecular weight excluding hydrogens is 290 g/mol. The maximum Gasteiger partial charge on any atom is 0.335 e. The van der Waals surface area contributed by atoms with Crippen molar-refractivity contribution in [3.8, 4) is 5.75 Å². The van der Waals surface area contributed by atoms with Crippen LogP contribution in [0.25, 0.3) is 0 Å². The maximum absolute atomic E-state index is 10.8. The first-order valence-corrected chi connectivity index (χ1v) is 6.85. The van der Waals surface area contributed by atoms with Gasteiger partial charge >= 0.3 is 5.97 Å². The number of halogens is 1. The first kappa shape index (κ1) is 15.4. The third-order valence-corrected chi connectivity index (χ3v) is 3.37. The summed E-state index contributed by atoms with van der Waals surface area (Å²) in [5.41, 5.74) is 7.85. The van der Waals surface area contributed by atoms with Crippen LogP contribution < -0.4 is 10.5 Å². The molecule has 0 aliphatic heterocycles. The molecule has 0 spiro atoms. The standard InChI is InChI=1S/C16H16ClNO3/c1-10(18)13-6-7-15(14(17)8-13)21-9-11-2-4-12(5-3-11)16(19)20/h2-8,10H,9,18H2,1H3,(H,19,20)/t10-/m1/s1. The van der Waals surface area contributed by atoms with Gasteiger partial charge < -0.3 is 15.6 Å². The number of rotatable bonds is 5. The largest absolute Gasteiger partial charge is 0.487 e. The number of carboxylic acids is 1. The Kier molecular flexibility index (Phi) is 4.83. The Bertz CT molecular complexity index is 638. The topological polar surface area (TPSA) is 72.5 Å². The van der Waals surface area contributed by atoms with Gasteiger partial charge in [-0.1, -0.05) is 29.8 Å². The summed E-state index contributed by atoms with van der Waals surface area (Å²) in [7, 11) is 0. The number of nitrogens with two attached hydrogens (primary N) is 1. The summed E-state index contributed by atoms with van der Waals surface area (Å²) in [5.74, 6) is -0.375. The molecule has 4 nitrogen and oxygen atoms in total. The second kappa shape index (κ2) is 6.61. The molecule has 0 unspecified atom stereocenters. The normalized spacial score (nSPS) is 12.0. The third-order valence-electron chi connectivity index (χ3n) is 3.08. The van der Waals surface area contributed by atoms with Crippen LogP contribution in [-0.4, -0.2) is 11.1 Å². The Morgan fingerprint density at radius 3 is 2.48 bits per heavy atom. The lowest BCUT2D eigenvalue weighted by Crippen LogP contribution is -2.05. The quantitative estimate of drug-likeness (QED) is 0.884. The monoisotopic (exact) mass is 305 g/mol. The molecule has 0 saturated heterocycles. The van der Waals surface area contributed by atoms with Crippen LogP contribution in [0.1, 0.15) is 34.5 Å². The van der Waals surface area contributed by atoms with Gasteiger partial charge in [-0.05, 0) is 42.3 Å². The van der Waals surface area contributed by atoms with Crippen LogP contribution in [0.15, 0.2) is 42.5 Å². The Labute approximate surface area is 128 Å². The van der Waals surface area contributed by atoms with E-state index in [1.54, 1.807) is 36.4 Å². The van der Waals surface area contributed by atoms with Gasteiger partial charge in [-0.2, -0.15) is 0 Å². The minimum Gasteiger partial charge on any atom is -0.487 e. The molecule has 0 radical (unpaired) electrons. The molecule has 1 atom stereocenters. The molecule has 0 aliphatic carbocycles. The van der Waals surface area contributed by atoms with Gasteiger partial charge in [0.1, 0.15) is 12.4 Å². The number of hydrogen-bond acceptors (Lipinski definition) is 3. The van der Waals surface area contributed by atoms with E-state index < -0.39 is 5.97 Å². The van der Waals surface area contributed by atoms with E-state index in [9.17, 15) is 4.79 Å². The van der Waals surface area contributed by atoms with E-state index in [2.05, 4.69) is 0 Å². The van der Waals surface area contributed by atoms with E-state index in [1.807, 2.05) is 13.0 Å². The molecule has 0 saturated carbocycles. The van der Waals surface area contributed by atoms with Crippen LogP contribution in [0.2, 0.25) is 5.02 Å². The number of hydrogen-bond donors (Lipinski definition) is 2.